The number of methoxy groups -OCH3 is 1. The average molecular weight is 201 g/mol. The molecule has 1 aromatic heterocycles. The maximum atomic E-state index is 11.4. The molecule has 0 saturated carbocycles. The van der Waals surface area contributed by atoms with Crippen molar-refractivity contribution in [3.8, 4) is 5.75 Å². The molecule has 0 amide bonds. The van der Waals surface area contributed by atoms with Crippen molar-refractivity contribution in [2.24, 2.45) is 0 Å². The molecule has 3 heteroatoms. The van der Waals surface area contributed by atoms with Crippen LogP contribution in [0.2, 0.25) is 0 Å². The Morgan fingerprint density at radius 2 is 2.13 bits per heavy atom. The molecule has 0 radical (unpaired) electrons. The van der Waals surface area contributed by atoms with Crippen molar-refractivity contribution in [2.45, 2.75) is 6.92 Å². The van der Waals surface area contributed by atoms with Crippen LogP contribution < -0.4 is 4.74 Å². The van der Waals surface area contributed by atoms with Crippen molar-refractivity contribution in [1.82, 2.24) is 4.98 Å². The van der Waals surface area contributed by atoms with Gasteiger partial charge in [0.2, 0.25) is 0 Å². The number of carbonyl (C=O) groups excluding carboxylic acids is 1. The summed E-state index contributed by atoms with van der Waals surface area (Å²) in [5, 5.41) is 1.75. The second-order valence-corrected chi connectivity index (χ2v) is 3.27. The monoisotopic (exact) mass is 201 g/mol. The number of ketones is 1. The summed E-state index contributed by atoms with van der Waals surface area (Å²) in [4.78, 5) is 15.5. The van der Waals surface area contributed by atoms with Crippen LogP contribution in [0.4, 0.5) is 0 Å². The van der Waals surface area contributed by atoms with E-state index in [1.54, 1.807) is 13.3 Å². The first-order valence-electron chi connectivity index (χ1n) is 4.66. The number of aromatic nitrogens is 1. The van der Waals surface area contributed by atoms with Gasteiger partial charge in [0.15, 0.2) is 5.78 Å². The second kappa shape index (κ2) is 3.69. The van der Waals surface area contributed by atoms with E-state index in [1.165, 1.54) is 6.92 Å². The molecule has 2 rings (SSSR count). The third-order valence-electron chi connectivity index (χ3n) is 2.31. The predicted octanol–water partition coefficient (Wildman–Crippen LogP) is 2.45. The molecule has 3 nitrogen and oxygen atoms in total. The smallest absolute Gasteiger partial charge is 0.178 e. The molecular weight excluding hydrogens is 190 g/mol. The fourth-order valence-electron chi connectivity index (χ4n) is 1.63. The van der Waals surface area contributed by atoms with E-state index in [0.29, 0.717) is 11.4 Å². The highest BCUT2D eigenvalue weighted by Gasteiger charge is 2.10. The lowest BCUT2D eigenvalue weighted by Gasteiger charge is -2.07. The van der Waals surface area contributed by atoms with Crippen LogP contribution in [0.15, 0.2) is 30.5 Å². The standard InChI is InChI=1S/C12H11NO2/c1-8(14)12-11-9(6-7-13-12)4-3-5-10(11)15-2/h3-7H,1-2H3. The molecule has 0 atom stereocenters. The van der Waals surface area contributed by atoms with E-state index in [2.05, 4.69) is 4.98 Å². The van der Waals surface area contributed by atoms with E-state index in [1.807, 2.05) is 24.3 Å². The Morgan fingerprint density at radius 3 is 2.80 bits per heavy atom. The fraction of sp³-hybridized carbons (Fsp3) is 0.167. The molecule has 0 N–H and O–H groups in total. The zero-order valence-electron chi connectivity index (χ0n) is 8.65. The minimum atomic E-state index is -0.0508. The number of ether oxygens (including phenoxy) is 1. The number of hydrogen-bond donors (Lipinski definition) is 0. The summed E-state index contributed by atoms with van der Waals surface area (Å²) in [5.74, 6) is 0.635. The Morgan fingerprint density at radius 1 is 1.33 bits per heavy atom. The molecule has 15 heavy (non-hydrogen) atoms. The van der Waals surface area contributed by atoms with Crippen molar-refractivity contribution in [3.63, 3.8) is 0 Å². The number of fused-ring (bicyclic) bond motifs is 1. The van der Waals surface area contributed by atoms with Crippen LogP contribution in [0.5, 0.6) is 5.75 Å². The lowest BCUT2D eigenvalue weighted by Crippen LogP contribution is -1.99. The summed E-state index contributed by atoms with van der Waals surface area (Å²) >= 11 is 0. The Kier molecular flexibility index (Phi) is 2.37. The van der Waals surface area contributed by atoms with Crippen molar-refractivity contribution < 1.29 is 9.53 Å². The molecule has 0 bridgehead atoms. The van der Waals surface area contributed by atoms with Crippen LogP contribution >= 0.6 is 0 Å². The molecule has 0 aliphatic rings. The third-order valence-corrected chi connectivity index (χ3v) is 2.31. The van der Waals surface area contributed by atoms with Gasteiger partial charge >= 0.3 is 0 Å². The Balaban J connectivity index is 2.87. The van der Waals surface area contributed by atoms with Gasteiger partial charge in [-0.05, 0) is 17.5 Å². The maximum absolute atomic E-state index is 11.4. The summed E-state index contributed by atoms with van der Waals surface area (Å²) < 4.78 is 5.23. The van der Waals surface area contributed by atoms with E-state index < -0.39 is 0 Å². The third kappa shape index (κ3) is 1.56. The summed E-state index contributed by atoms with van der Waals surface area (Å²) in [5.41, 5.74) is 0.463. The number of hydrogen-bond acceptors (Lipinski definition) is 3. The number of rotatable bonds is 2. The van der Waals surface area contributed by atoms with Crippen LogP contribution in [0, 0.1) is 0 Å². The van der Waals surface area contributed by atoms with Crippen LogP contribution in [-0.4, -0.2) is 17.9 Å². The van der Waals surface area contributed by atoms with Crippen molar-refractivity contribution in [1.29, 1.82) is 0 Å². The largest absolute Gasteiger partial charge is 0.496 e. The quantitative estimate of drug-likeness (QED) is 0.700. The van der Waals surface area contributed by atoms with Gasteiger partial charge in [0.25, 0.3) is 0 Å². The first-order valence-corrected chi connectivity index (χ1v) is 4.66. The first-order chi connectivity index (χ1) is 7.24. The lowest BCUT2D eigenvalue weighted by atomic mass is 10.1. The van der Waals surface area contributed by atoms with Crippen LogP contribution in [0.3, 0.4) is 0 Å². The zero-order chi connectivity index (χ0) is 10.8. The minimum absolute atomic E-state index is 0.0508. The van der Waals surface area contributed by atoms with Crippen molar-refractivity contribution in [2.75, 3.05) is 7.11 Å². The van der Waals surface area contributed by atoms with Gasteiger partial charge in [0, 0.05) is 13.1 Å². The van der Waals surface area contributed by atoms with Gasteiger partial charge in [-0.3, -0.25) is 9.78 Å². The van der Waals surface area contributed by atoms with Gasteiger partial charge in [-0.25, -0.2) is 0 Å². The predicted molar refractivity (Wildman–Crippen MR) is 58.3 cm³/mol. The summed E-state index contributed by atoms with van der Waals surface area (Å²) in [6.07, 6.45) is 1.64. The van der Waals surface area contributed by atoms with Crippen LogP contribution in [0.1, 0.15) is 17.4 Å². The van der Waals surface area contributed by atoms with Crippen molar-refractivity contribution in [3.05, 3.63) is 36.2 Å². The normalized spacial score (nSPS) is 10.3. The van der Waals surface area contributed by atoms with Crippen LogP contribution in [-0.2, 0) is 0 Å². The van der Waals surface area contributed by atoms with E-state index in [9.17, 15) is 4.79 Å². The van der Waals surface area contributed by atoms with Gasteiger partial charge < -0.3 is 4.74 Å². The molecule has 2 aromatic rings. The Labute approximate surface area is 87.7 Å². The van der Waals surface area contributed by atoms with Gasteiger partial charge in [0.05, 0.1) is 12.5 Å². The highest BCUT2D eigenvalue weighted by atomic mass is 16.5. The van der Waals surface area contributed by atoms with E-state index in [-0.39, 0.29) is 5.78 Å². The van der Waals surface area contributed by atoms with E-state index in [4.69, 9.17) is 4.74 Å². The Bertz CT molecular complexity index is 515. The summed E-state index contributed by atoms with van der Waals surface area (Å²) in [6, 6.07) is 7.53. The van der Waals surface area contributed by atoms with Gasteiger partial charge in [-0.15, -0.1) is 0 Å². The SMILES string of the molecule is COc1cccc2ccnc(C(C)=O)c12. The molecule has 0 fully saturated rings. The molecular formula is C12H11NO2. The van der Waals surface area contributed by atoms with Gasteiger partial charge in [-0.2, -0.15) is 0 Å². The number of benzene rings is 1. The van der Waals surface area contributed by atoms with Crippen LogP contribution in [0.25, 0.3) is 10.8 Å². The van der Waals surface area contributed by atoms with E-state index in [0.717, 1.165) is 10.8 Å². The number of Topliss-reactive ketones (excluding diaryl/α,β-unsaturated/α-hetero) is 1. The molecule has 0 saturated heterocycles. The first kappa shape index (κ1) is 9.65. The van der Waals surface area contributed by atoms with E-state index >= 15 is 0 Å². The minimum Gasteiger partial charge on any atom is -0.496 e. The van der Waals surface area contributed by atoms with Gasteiger partial charge in [0.1, 0.15) is 11.4 Å². The van der Waals surface area contributed by atoms with Crippen molar-refractivity contribution >= 4 is 16.6 Å². The second-order valence-electron chi connectivity index (χ2n) is 3.27. The number of pyridine rings is 1. The zero-order valence-corrected chi connectivity index (χ0v) is 8.65. The molecule has 0 aliphatic carbocycles. The molecule has 0 unspecified atom stereocenters. The topological polar surface area (TPSA) is 39.2 Å². The number of carbonyl (C=O) groups is 1. The molecule has 76 valence electrons. The Hall–Kier alpha value is -1.90. The highest BCUT2D eigenvalue weighted by molar-refractivity contribution is 6.07. The lowest BCUT2D eigenvalue weighted by molar-refractivity contribution is 0.101. The molecule has 0 spiro atoms. The maximum Gasteiger partial charge on any atom is 0.178 e. The van der Waals surface area contributed by atoms with Gasteiger partial charge in [-0.1, -0.05) is 12.1 Å². The number of nitrogens with zero attached hydrogens (tertiary/aromatic N) is 1. The molecule has 0 aliphatic heterocycles. The highest BCUT2D eigenvalue weighted by Crippen LogP contribution is 2.27. The fourth-order valence-corrected chi connectivity index (χ4v) is 1.63. The summed E-state index contributed by atoms with van der Waals surface area (Å²) in [7, 11) is 1.59. The average Bonchev–Trinajstić information content (AvgIpc) is 2.27. The molecule has 1 heterocycles. The molecule has 1 aromatic carbocycles. The summed E-state index contributed by atoms with van der Waals surface area (Å²) in [6.45, 7) is 1.51.